The van der Waals surface area contributed by atoms with Gasteiger partial charge in [0.25, 0.3) is 0 Å². The van der Waals surface area contributed by atoms with E-state index in [2.05, 4.69) is 15.0 Å². The number of aromatic nitrogens is 2. The largest absolute Gasteiger partial charge is 0.508 e. The first kappa shape index (κ1) is 15.1. The van der Waals surface area contributed by atoms with Crippen molar-refractivity contribution in [3.8, 4) is 22.9 Å². The number of phenolic OH excluding ortho intramolecular Hbond substituents is 1. The molecular formula is C16H19N5O2. The standard InChI is InChI=1S/C16H19N5O2/c1-10(2)19-15(18-9-17)13-8-21-5-6-23-14-7-11(22)3-4-12(14)16(21)20-13/h3-4,7-10,22H,5-6H2,1-2H3,(H2,17,18,19). The van der Waals surface area contributed by atoms with Crippen LogP contribution in [0.2, 0.25) is 0 Å². The van der Waals surface area contributed by atoms with Crippen LogP contribution in [0.25, 0.3) is 11.4 Å². The van der Waals surface area contributed by atoms with Gasteiger partial charge in [-0.3, -0.25) is 4.99 Å². The number of hydrogen-bond acceptors (Lipinski definition) is 4. The molecule has 0 atom stereocenters. The van der Waals surface area contributed by atoms with Gasteiger partial charge in [-0.2, -0.15) is 0 Å². The molecule has 0 aliphatic carbocycles. The van der Waals surface area contributed by atoms with E-state index in [-0.39, 0.29) is 11.8 Å². The fraction of sp³-hybridized carbons (Fsp3) is 0.312. The summed E-state index contributed by atoms with van der Waals surface area (Å²) in [6.45, 7) is 5.09. The molecule has 120 valence electrons. The number of nitrogens with two attached hydrogens (primary N) is 1. The van der Waals surface area contributed by atoms with Crippen LogP contribution in [0.5, 0.6) is 11.5 Å². The number of aliphatic imine (C=N–C) groups is 2. The summed E-state index contributed by atoms with van der Waals surface area (Å²) in [7, 11) is 0. The van der Waals surface area contributed by atoms with E-state index >= 15 is 0 Å². The van der Waals surface area contributed by atoms with E-state index in [1.807, 2.05) is 24.6 Å². The summed E-state index contributed by atoms with van der Waals surface area (Å²) >= 11 is 0. The van der Waals surface area contributed by atoms with Crippen molar-refractivity contribution in [2.45, 2.75) is 26.4 Å². The van der Waals surface area contributed by atoms with E-state index < -0.39 is 0 Å². The molecular weight excluding hydrogens is 294 g/mol. The maximum Gasteiger partial charge on any atom is 0.176 e. The molecule has 1 aromatic carbocycles. The first-order valence-electron chi connectivity index (χ1n) is 7.44. The van der Waals surface area contributed by atoms with E-state index in [0.29, 0.717) is 30.4 Å². The number of amidine groups is 1. The van der Waals surface area contributed by atoms with Crippen LogP contribution >= 0.6 is 0 Å². The Morgan fingerprint density at radius 2 is 2.30 bits per heavy atom. The zero-order chi connectivity index (χ0) is 16.4. The summed E-state index contributed by atoms with van der Waals surface area (Å²) < 4.78 is 7.68. The highest BCUT2D eigenvalue weighted by Gasteiger charge is 2.20. The van der Waals surface area contributed by atoms with Crippen LogP contribution in [0.15, 0.2) is 34.4 Å². The lowest BCUT2D eigenvalue weighted by molar-refractivity contribution is 0.305. The van der Waals surface area contributed by atoms with E-state index in [0.717, 1.165) is 11.4 Å². The smallest absolute Gasteiger partial charge is 0.176 e. The lowest BCUT2D eigenvalue weighted by Gasteiger charge is -2.06. The number of aromatic hydroxyl groups is 1. The Morgan fingerprint density at radius 1 is 1.48 bits per heavy atom. The molecule has 0 unspecified atom stereocenters. The van der Waals surface area contributed by atoms with Crippen molar-refractivity contribution >= 4 is 12.2 Å². The zero-order valence-corrected chi connectivity index (χ0v) is 13.1. The molecule has 0 radical (unpaired) electrons. The Labute approximate surface area is 134 Å². The van der Waals surface area contributed by atoms with Gasteiger partial charge < -0.3 is 20.1 Å². The molecule has 3 rings (SSSR count). The molecule has 0 saturated heterocycles. The lowest BCUT2D eigenvalue weighted by Crippen LogP contribution is -2.07. The van der Waals surface area contributed by atoms with Crippen molar-refractivity contribution in [1.82, 2.24) is 9.55 Å². The molecule has 1 aliphatic heterocycles. The Bertz CT molecular complexity index is 777. The average Bonchev–Trinajstić information content (AvgIpc) is 2.83. The minimum Gasteiger partial charge on any atom is -0.508 e. The normalized spacial score (nSPS) is 14.5. The molecule has 0 spiro atoms. The van der Waals surface area contributed by atoms with Gasteiger partial charge in [0.1, 0.15) is 29.6 Å². The molecule has 1 aromatic heterocycles. The topological polar surface area (TPSA) is 98.0 Å². The van der Waals surface area contributed by atoms with Crippen LogP contribution in [0.1, 0.15) is 19.5 Å². The Hall–Kier alpha value is -2.83. The molecule has 2 heterocycles. The number of imidazole rings is 1. The second-order valence-corrected chi connectivity index (χ2v) is 5.50. The van der Waals surface area contributed by atoms with Crippen molar-refractivity contribution in [3.05, 3.63) is 30.1 Å². The molecule has 0 amide bonds. The van der Waals surface area contributed by atoms with Gasteiger partial charge in [0.2, 0.25) is 0 Å². The fourth-order valence-corrected chi connectivity index (χ4v) is 2.46. The predicted molar refractivity (Wildman–Crippen MR) is 89.2 cm³/mol. The Kier molecular flexibility index (Phi) is 4.01. The third-order valence-electron chi connectivity index (χ3n) is 3.38. The van der Waals surface area contributed by atoms with Crippen LogP contribution in [0.4, 0.5) is 0 Å². The maximum atomic E-state index is 9.63. The lowest BCUT2D eigenvalue weighted by atomic mass is 10.2. The van der Waals surface area contributed by atoms with Crippen LogP contribution in [-0.2, 0) is 6.54 Å². The highest BCUT2D eigenvalue weighted by molar-refractivity contribution is 6.01. The SMILES string of the molecule is CC(C)N=C(N=CN)c1cn2c(n1)-c1ccc(O)cc1OCC2. The molecule has 7 heteroatoms. The highest BCUT2D eigenvalue weighted by Crippen LogP contribution is 2.34. The predicted octanol–water partition coefficient (Wildman–Crippen LogP) is 1.79. The van der Waals surface area contributed by atoms with Crippen molar-refractivity contribution < 1.29 is 9.84 Å². The zero-order valence-electron chi connectivity index (χ0n) is 13.1. The van der Waals surface area contributed by atoms with Gasteiger partial charge in [-0.1, -0.05) is 0 Å². The summed E-state index contributed by atoms with van der Waals surface area (Å²) in [5, 5.41) is 9.63. The van der Waals surface area contributed by atoms with Crippen molar-refractivity contribution in [2.75, 3.05) is 6.61 Å². The third kappa shape index (κ3) is 3.03. The summed E-state index contributed by atoms with van der Waals surface area (Å²) in [5.41, 5.74) is 6.92. The van der Waals surface area contributed by atoms with Gasteiger partial charge in [-0.25, -0.2) is 9.98 Å². The van der Waals surface area contributed by atoms with Crippen LogP contribution < -0.4 is 10.5 Å². The third-order valence-corrected chi connectivity index (χ3v) is 3.38. The van der Waals surface area contributed by atoms with E-state index in [1.54, 1.807) is 18.2 Å². The van der Waals surface area contributed by atoms with Gasteiger partial charge in [0, 0.05) is 18.3 Å². The molecule has 23 heavy (non-hydrogen) atoms. The van der Waals surface area contributed by atoms with Crippen LogP contribution in [0, 0.1) is 0 Å². The highest BCUT2D eigenvalue weighted by atomic mass is 16.5. The number of phenols is 1. The number of hydrogen-bond donors (Lipinski definition) is 2. The Morgan fingerprint density at radius 3 is 3.04 bits per heavy atom. The van der Waals surface area contributed by atoms with Gasteiger partial charge in [-0.15, -0.1) is 0 Å². The summed E-state index contributed by atoms with van der Waals surface area (Å²) in [4.78, 5) is 13.2. The number of ether oxygens (including phenoxy) is 1. The van der Waals surface area contributed by atoms with Gasteiger partial charge in [0.05, 0.1) is 18.4 Å². The summed E-state index contributed by atoms with van der Waals surface area (Å²) in [5.74, 6) is 2.05. The first-order valence-corrected chi connectivity index (χ1v) is 7.44. The molecule has 7 nitrogen and oxygen atoms in total. The molecule has 0 bridgehead atoms. The second kappa shape index (κ2) is 6.12. The fourth-order valence-electron chi connectivity index (χ4n) is 2.46. The molecule has 3 N–H and O–H groups in total. The quantitative estimate of drug-likeness (QED) is 0.652. The van der Waals surface area contributed by atoms with Crippen molar-refractivity contribution in [1.29, 1.82) is 0 Å². The number of benzene rings is 1. The number of fused-ring (bicyclic) bond motifs is 3. The van der Waals surface area contributed by atoms with Gasteiger partial charge in [-0.05, 0) is 26.0 Å². The van der Waals surface area contributed by atoms with E-state index in [9.17, 15) is 5.11 Å². The van der Waals surface area contributed by atoms with Crippen molar-refractivity contribution in [3.63, 3.8) is 0 Å². The maximum absolute atomic E-state index is 9.63. The van der Waals surface area contributed by atoms with E-state index in [4.69, 9.17) is 10.5 Å². The molecule has 0 fully saturated rings. The number of rotatable bonds is 2. The molecule has 1 aliphatic rings. The minimum atomic E-state index is 0.0859. The monoisotopic (exact) mass is 313 g/mol. The molecule has 2 aromatic rings. The number of nitrogens with zero attached hydrogens (tertiary/aromatic N) is 4. The van der Waals surface area contributed by atoms with Crippen LogP contribution in [0.3, 0.4) is 0 Å². The second-order valence-electron chi connectivity index (χ2n) is 5.50. The van der Waals surface area contributed by atoms with Gasteiger partial charge >= 0.3 is 0 Å². The summed E-state index contributed by atoms with van der Waals surface area (Å²) in [6.07, 6.45) is 3.12. The first-order chi connectivity index (χ1) is 11.1. The van der Waals surface area contributed by atoms with Crippen molar-refractivity contribution in [2.24, 2.45) is 15.7 Å². The van der Waals surface area contributed by atoms with Crippen LogP contribution in [-0.4, -0.2) is 39.5 Å². The minimum absolute atomic E-state index is 0.0859. The molecule has 0 saturated carbocycles. The average molecular weight is 313 g/mol. The van der Waals surface area contributed by atoms with Gasteiger partial charge in [0.15, 0.2) is 5.84 Å². The Balaban J connectivity index is 2.11. The summed E-state index contributed by atoms with van der Waals surface area (Å²) in [6, 6.07) is 5.10. The van der Waals surface area contributed by atoms with E-state index in [1.165, 1.54) is 6.34 Å².